The molecule has 0 saturated heterocycles. The van der Waals surface area contributed by atoms with E-state index in [-0.39, 0.29) is 18.0 Å². The first-order chi connectivity index (χ1) is 8.20. The Hall–Kier alpha value is -0.710. The van der Waals surface area contributed by atoms with Crippen molar-refractivity contribution in [1.82, 2.24) is 0 Å². The molecule has 1 aromatic carbocycles. The number of hydrogen-bond donors (Lipinski definition) is 0. The van der Waals surface area contributed by atoms with Crippen LogP contribution in [-0.4, -0.2) is 24.6 Å². The van der Waals surface area contributed by atoms with Crippen LogP contribution in [0.4, 0.5) is 0 Å². The van der Waals surface area contributed by atoms with Crippen LogP contribution in [-0.2, 0) is 20.9 Å². The topological polar surface area (TPSA) is 35.5 Å². The molecular formula is C13H15BrO3. The van der Waals surface area contributed by atoms with E-state index in [1.54, 1.807) is 0 Å². The van der Waals surface area contributed by atoms with Gasteiger partial charge in [0, 0.05) is 17.5 Å². The average molecular weight is 299 g/mol. The highest BCUT2D eigenvalue weighted by atomic mass is 79.9. The zero-order chi connectivity index (χ0) is 12.3. The van der Waals surface area contributed by atoms with Gasteiger partial charge >= 0.3 is 0 Å². The predicted octanol–water partition coefficient (Wildman–Crippen LogP) is 2.71. The largest absolute Gasteiger partial charge is 0.370 e. The van der Waals surface area contributed by atoms with Gasteiger partial charge in [0.1, 0.15) is 6.10 Å². The molecule has 1 fully saturated rings. The molecule has 1 aromatic rings. The fourth-order valence-corrected chi connectivity index (χ4v) is 2.27. The van der Waals surface area contributed by atoms with Crippen LogP contribution in [0.2, 0.25) is 0 Å². The summed E-state index contributed by atoms with van der Waals surface area (Å²) in [7, 11) is 0. The zero-order valence-corrected chi connectivity index (χ0v) is 11.3. The molecule has 0 aliphatic heterocycles. The maximum absolute atomic E-state index is 11.3. The third kappa shape index (κ3) is 3.15. The Morgan fingerprint density at radius 2 is 2.24 bits per heavy atom. The minimum Gasteiger partial charge on any atom is -0.370 e. The van der Waals surface area contributed by atoms with Crippen molar-refractivity contribution in [2.24, 2.45) is 0 Å². The van der Waals surface area contributed by atoms with E-state index in [0.29, 0.717) is 19.6 Å². The van der Waals surface area contributed by atoms with Crippen LogP contribution in [0.5, 0.6) is 0 Å². The molecule has 2 atom stereocenters. The number of Topliss-reactive ketones (excluding diaryl/α,β-unsaturated/α-hetero) is 1. The molecule has 17 heavy (non-hydrogen) atoms. The number of ketones is 1. The van der Waals surface area contributed by atoms with Crippen molar-refractivity contribution in [3.05, 3.63) is 34.3 Å². The lowest BCUT2D eigenvalue weighted by Gasteiger charge is -2.34. The minimum absolute atomic E-state index is 0.0820. The molecule has 0 radical (unpaired) electrons. The summed E-state index contributed by atoms with van der Waals surface area (Å²) in [6, 6.07) is 7.95. The van der Waals surface area contributed by atoms with Gasteiger partial charge in [-0.15, -0.1) is 0 Å². The van der Waals surface area contributed by atoms with Gasteiger partial charge in [-0.2, -0.15) is 0 Å². The van der Waals surface area contributed by atoms with Crippen LogP contribution in [0, 0.1) is 0 Å². The Labute approximate surface area is 109 Å². The van der Waals surface area contributed by atoms with Gasteiger partial charge < -0.3 is 9.47 Å². The van der Waals surface area contributed by atoms with E-state index >= 15 is 0 Å². The summed E-state index contributed by atoms with van der Waals surface area (Å²) in [6.07, 6.45) is 0.0344. The van der Waals surface area contributed by atoms with Crippen molar-refractivity contribution in [3.8, 4) is 0 Å². The van der Waals surface area contributed by atoms with Crippen LogP contribution in [0.3, 0.4) is 0 Å². The molecule has 0 bridgehead atoms. The lowest BCUT2D eigenvalue weighted by molar-refractivity contribution is -0.166. The minimum atomic E-state index is -0.354. The first-order valence-electron chi connectivity index (χ1n) is 5.71. The lowest BCUT2D eigenvalue weighted by atomic mass is 9.90. The summed E-state index contributed by atoms with van der Waals surface area (Å²) >= 11 is 3.41. The number of halogens is 1. The summed E-state index contributed by atoms with van der Waals surface area (Å²) in [6.45, 7) is 2.95. The number of hydrogen-bond acceptors (Lipinski definition) is 3. The highest BCUT2D eigenvalue weighted by Crippen LogP contribution is 2.24. The third-order valence-corrected chi connectivity index (χ3v) is 3.25. The maximum atomic E-state index is 11.3. The fraction of sp³-hybridized carbons (Fsp3) is 0.462. The van der Waals surface area contributed by atoms with Crippen LogP contribution >= 0.6 is 15.9 Å². The first kappa shape index (κ1) is 12.7. The zero-order valence-electron chi connectivity index (χ0n) is 9.69. The number of ether oxygens (including phenoxy) is 2. The van der Waals surface area contributed by atoms with Crippen molar-refractivity contribution in [3.63, 3.8) is 0 Å². The first-order valence-corrected chi connectivity index (χ1v) is 6.50. The molecule has 2 rings (SSSR count). The van der Waals surface area contributed by atoms with Crippen molar-refractivity contribution in [1.29, 1.82) is 0 Å². The van der Waals surface area contributed by atoms with Crippen molar-refractivity contribution in [2.75, 3.05) is 6.61 Å². The highest BCUT2D eigenvalue weighted by Gasteiger charge is 2.41. The normalized spacial score (nSPS) is 23.5. The Balaban J connectivity index is 1.84. The van der Waals surface area contributed by atoms with Crippen molar-refractivity contribution in [2.45, 2.75) is 32.2 Å². The standard InChI is InChI=1S/C13H15BrO3/c1-2-16-13-11(15)7-12(13)17-8-9-4-3-5-10(14)6-9/h3-6,12-13H,2,7-8H2,1H3. The van der Waals surface area contributed by atoms with E-state index in [9.17, 15) is 4.79 Å². The molecule has 1 aliphatic rings. The van der Waals surface area contributed by atoms with Crippen LogP contribution in [0.1, 0.15) is 18.9 Å². The van der Waals surface area contributed by atoms with Crippen LogP contribution in [0.25, 0.3) is 0 Å². The van der Waals surface area contributed by atoms with E-state index in [1.165, 1.54) is 0 Å². The number of carbonyl (C=O) groups is 1. The second-order valence-corrected chi connectivity index (χ2v) is 4.94. The molecular weight excluding hydrogens is 284 g/mol. The Morgan fingerprint density at radius 3 is 2.88 bits per heavy atom. The van der Waals surface area contributed by atoms with Crippen molar-refractivity contribution < 1.29 is 14.3 Å². The fourth-order valence-electron chi connectivity index (χ4n) is 1.82. The summed E-state index contributed by atoms with van der Waals surface area (Å²) < 4.78 is 12.1. The third-order valence-electron chi connectivity index (χ3n) is 2.76. The van der Waals surface area contributed by atoms with Gasteiger partial charge in [-0.1, -0.05) is 28.1 Å². The molecule has 0 spiro atoms. The molecule has 2 unspecified atom stereocenters. The SMILES string of the molecule is CCOC1C(=O)CC1OCc1cccc(Br)c1. The van der Waals surface area contributed by atoms with Crippen molar-refractivity contribution >= 4 is 21.7 Å². The van der Waals surface area contributed by atoms with E-state index in [0.717, 1.165) is 10.0 Å². The van der Waals surface area contributed by atoms with E-state index in [2.05, 4.69) is 15.9 Å². The van der Waals surface area contributed by atoms with E-state index < -0.39 is 0 Å². The molecule has 3 nitrogen and oxygen atoms in total. The summed E-state index contributed by atoms with van der Waals surface area (Å²) in [5.41, 5.74) is 1.09. The molecule has 0 heterocycles. The highest BCUT2D eigenvalue weighted by molar-refractivity contribution is 9.10. The summed E-state index contributed by atoms with van der Waals surface area (Å²) in [4.78, 5) is 11.3. The molecule has 0 amide bonds. The molecule has 92 valence electrons. The molecule has 0 aromatic heterocycles. The van der Waals surface area contributed by atoms with Crippen LogP contribution < -0.4 is 0 Å². The number of benzene rings is 1. The monoisotopic (exact) mass is 298 g/mol. The smallest absolute Gasteiger partial charge is 0.166 e. The molecule has 1 aliphatic carbocycles. The quantitative estimate of drug-likeness (QED) is 0.838. The Bertz CT molecular complexity index is 405. The van der Waals surface area contributed by atoms with Gasteiger partial charge in [0.25, 0.3) is 0 Å². The summed E-state index contributed by atoms with van der Waals surface area (Å²) in [5.74, 6) is 0.145. The van der Waals surface area contributed by atoms with Gasteiger partial charge in [0.2, 0.25) is 0 Å². The van der Waals surface area contributed by atoms with Crippen LogP contribution in [0.15, 0.2) is 28.7 Å². The van der Waals surface area contributed by atoms with Gasteiger partial charge in [-0.05, 0) is 24.6 Å². The van der Waals surface area contributed by atoms with E-state index in [1.807, 2.05) is 31.2 Å². The van der Waals surface area contributed by atoms with Gasteiger partial charge in [-0.25, -0.2) is 0 Å². The average Bonchev–Trinajstić information content (AvgIpc) is 2.31. The molecule has 4 heteroatoms. The number of rotatable bonds is 5. The Morgan fingerprint density at radius 1 is 1.41 bits per heavy atom. The maximum Gasteiger partial charge on any atom is 0.166 e. The van der Waals surface area contributed by atoms with Gasteiger partial charge in [0.05, 0.1) is 12.7 Å². The Kier molecular flexibility index (Phi) is 4.31. The predicted molar refractivity (Wildman–Crippen MR) is 67.8 cm³/mol. The summed E-state index contributed by atoms with van der Waals surface area (Å²) in [5, 5.41) is 0. The second-order valence-electron chi connectivity index (χ2n) is 4.03. The lowest BCUT2D eigenvalue weighted by Crippen LogP contribution is -2.50. The second kappa shape index (κ2) is 5.76. The van der Waals surface area contributed by atoms with Gasteiger partial charge in [-0.3, -0.25) is 4.79 Å². The van der Waals surface area contributed by atoms with Gasteiger partial charge in [0.15, 0.2) is 5.78 Å². The molecule has 0 N–H and O–H groups in total. The molecule has 1 saturated carbocycles. The van der Waals surface area contributed by atoms with E-state index in [4.69, 9.17) is 9.47 Å². The number of carbonyl (C=O) groups excluding carboxylic acids is 1.